The summed E-state index contributed by atoms with van der Waals surface area (Å²) in [5.74, 6) is -0.897. The summed E-state index contributed by atoms with van der Waals surface area (Å²) >= 11 is 1.23. The minimum Gasteiger partial charge on any atom is -0.452 e. The maximum Gasteiger partial charge on any atom is 0.405 e. The normalized spacial score (nSPS) is 11.1. The topological polar surface area (TPSA) is 123 Å². The molecule has 9 nitrogen and oxygen atoms in total. The van der Waals surface area contributed by atoms with Crippen molar-refractivity contribution < 1.29 is 36.8 Å². The van der Waals surface area contributed by atoms with E-state index in [0.717, 1.165) is 5.56 Å². The van der Waals surface area contributed by atoms with Crippen LogP contribution in [0.4, 0.5) is 18.0 Å². The van der Waals surface area contributed by atoms with Crippen molar-refractivity contribution in [2.75, 3.05) is 13.2 Å². The number of carbonyl (C=O) groups excluding carboxylic acids is 3. The van der Waals surface area contributed by atoms with Crippen LogP contribution in [0.25, 0.3) is 0 Å². The number of imide groups is 1. The van der Waals surface area contributed by atoms with E-state index in [1.165, 1.54) is 35.4 Å². The molecule has 2 rings (SSSR count). The highest BCUT2D eigenvalue weighted by Crippen LogP contribution is 2.27. The molecule has 0 aliphatic carbocycles. The number of esters is 1. The Hall–Kier alpha value is -3.09. The third-order valence-electron chi connectivity index (χ3n) is 3.56. The van der Waals surface area contributed by atoms with Gasteiger partial charge in [0.2, 0.25) is 0 Å². The molecule has 0 saturated heterocycles. The van der Waals surface area contributed by atoms with Crippen molar-refractivity contribution >= 4 is 29.7 Å². The quantitative estimate of drug-likeness (QED) is 0.491. The van der Waals surface area contributed by atoms with Crippen molar-refractivity contribution in [1.29, 1.82) is 0 Å². The smallest absolute Gasteiger partial charge is 0.405 e. The zero-order chi connectivity index (χ0) is 22.3. The van der Waals surface area contributed by atoms with Crippen LogP contribution >= 0.6 is 11.8 Å². The first-order valence-electron chi connectivity index (χ1n) is 8.38. The molecule has 2 heterocycles. The van der Waals surface area contributed by atoms with Crippen molar-refractivity contribution in [2.45, 2.75) is 30.8 Å². The van der Waals surface area contributed by atoms with E-state index in [-0.39, 0.29) is 5.56 Å². The van der Waals surface area contributed by atoms with Gasteiger partial charge < -0.3 is 14.6 Å². The second-order valence-electron chi connectivity index (χ2n) is 5.87. The number of halogens is 3. The number of urea groups is 1. The lowest BCUT2D eigenvalue weighted by Gasteiger charge is -2.10. The summed E-state index contributed by atoms with van der Waals surface area (Å²) in [7, 11) is 0. The van der Waals surface area contributed by atoms with Crippen LogP contribution in [0.2, 0.25) is 0 Å². The molecule has 162 valence electrons. The van der Waals surface area contributed by atoms with Crippen molar-refractivity contribution in [3.05, 3.63) is 40.9 Å². The number of rotatable bonds is 7. The first kappa shape index (κ1) is 23.2. The van der Waals surface area contributed by atoms with Gasteiger partial charge in [-0.1, -0.05) is 5.16 Å². The molecule has 0 aliphatic heterocycles. The van der Waals surface area contributed by atoms with Gasteiger partial charge in [0.15, 0.2) is 6.61 Å². The van der Waals surface area contributed by atoms with Crippen LogP contribution in [-0.2, 0) is 15.3 Å². The maximum atomic E-state index is 12.3. The minimum atomic E-state index is -4.62. The Morgan fingerprint density at radius 2 is 2.00 bits per heavy atom. The molecule has 0 aliphatic rings. The van der Waals surface area contributed by atoms with Crippen molar-refractivity contribution in [3.63, 3.8) is 0 Å². The van der Waals surface area contributed by atoms with Gasteiger partial charge in [-0.3, -0.25) is 10.1 Å². The Morgan fingerprint density at radius 1 is 1.27 bits per heavy atom. The second-order valence-corrected chi connectivity index (χ2v) is 6.83. The molecule has 0 aromatic carbocycles. The molecule has 0 saturated carbocycles. The summed E-state index contributed by atoms with van der Waals surface area (Å²) in [4.78, 5) is 39.2. The summed E-state index contributed by atoms with van der Waals surface area (Å²) in [5, 5.41) is 7.27. The maximum absolute atomic E-state index is 12.3. The molecule has 0 bridgehead atoms. The fourth-order valence-electron chi connectivity index (χ4n) is 2.11. The van der Waals surface area contributed by atoms with E-state index in [0.29, 0.717) is 22.2 Å². The van der Waals surface area contributed by atoms with Gasteiger partial charge in [-0.05, 0) is 26.0 Å². The molecule has 2 N–H and O–H groups in total. The van der Waals surface area contributed by atoms with Crippen LogP contribution in [0.15, 0.2) is 27.9 Å². The average molecular weight is 446 g/mol. The summed E-state index contributed by atoms with van der Waals surface area (Å²) in [6, 6.07) is 1.59. The number of alkyl halides is 3. The number of amides is 3. The lowest BCUT2D eigenvalue weighted by molar-refractivity contribution is -0.125. The lowest BCUT2D eigenvalue weighted by Crippen LogP contribution is -2.44. The van der Waals surface area contributed by atoms with Gasteiger partial charge in [0, 0.05) is 17.5 Å². The SMILES string of the molecule is Cc1noc(C)c1CSc1ncccc1C(=O)OCC(=O)NC(=O)NCC(F)(F)F. The molecule has 2 aromatic rings. The van der Waals surface area contributed by atoms with Gasteiger partial charge in [0.25, 0.3) is 5.91 Å². The number of hydrogen-bond acceptors (Lipinski definition) is 8. The van der Waals surface area contributed by atoms with E-state index >= 15 is 0 Å². The average Bonchev–Trinajstić information content (AvgIpc) is 3.00. The van der Waals surface area contributed by atoms with Crippen LogP contribution in [0, 0.1) is 13.8 Å². The molecule has 0 unspecified atom stereocenters. The Bertz CT molecular complexity index is 913. The van der Waals surface area contributed by atoms with Gasteiger partial charge in [0.05, 0.1) is 11.3 Å². The first-order chi connectivity index (χ1) is 14.1. The third kappa shape index (κ3) is 7.06. The summed E-state index contributed by atoms with van der Waals surface area (Å²) in [6.45, 7) is 1.07. The first-order valence-corrected chi connectivity index (χ1v) is 9.36. The highest BCUT2D eigenvalue weighted by atomic mass is 32.2. The Kier molecular flexibility index (Phi) is 7.80. The molecule has 0 atom stereocenters. The zero-order valence-electron chi connectivity index (χ0n) is 15.8. The number of carbonyl (C=O) groups is 3. The minimum absolute atomic E-state index is 0.0867. The van der Waals surface area contributed by atoms with Crippen molar-refractivity contribution in [2.24, 2.45) is 0 Å². The fourth-order valence-corrected chi connectivity index (χ4v) is 3.24. The summed E-state index contributed by atoms with van der Waals surface area (Å²) < 4.78 is 46.0. The highest BCUT2D eigenvalue weighted by molar-refractivity contribution is 7.98. The van der Waals surface area contributed by atoms with E-state index in [2.05, 4.69) is 10.1 Å². The van der Waals surface area contributed by atoms with Gasteiger partial charge >= 0.3 is 18.2 Å². The Labute approximate surface area is 172 Å². The summed E-state index contributed by atoms with van der Waals surface area (Å²) in [6.07, 6.45) is -3.14. The molecular weight excluding hydrogens is 429 g/mol. The van der Waals surface area contributed by atoms with Gasteiger partial charge in [-0.25, -0.2) is 14.6 Å². The molecule has 0 radical (unpaired) electrons. The molecule has 2 aromatic heterocycles. The lowest BCUT2D eigenvalue weighted by atomic mass is 10.2. The number of pyridine rings is 1. The Morgan fingerprint density at radius 3 is 2.63 bits per heavy atom. The van der Waals surface area contributed by atoms with Crippen molar-refractivity contribution in [3.8, 4) is 0 Å². The third-order valence-corrected chi connectivity index (χ3v) is 4.59. The largest absolute Gasteiger partial charge is 0.452 e. The van der Waals surface area contributed by atoms with Crippen LogP contribution in [0.3, 0.4) is 0 Å². The monoisotopic (exact) mass is 446 g/mol. The second kappa shape index (κ2) is 10.1. The molecule has 0 fully saturated rings. The van der Waals surface area contributed by atoms with E-state index in [1.807, 2.05) is 0 Å². The number of aryl methyl sites for hydroxylation is 2. The molecule has 30 heavy (non-hydrogen) atoms. The highest BCUT2D eigenvalue weighted by Gasteiger charge is 2.28. The number of nitrogens with zero attached hydrogens (tertiary/aromatic N) is 2. The van der Waals surface area contributed by atoms with Gasteiger partial charge in [0.1, 0.15) is 17.3 Å². The number of thioether (sulfide) groups is 1. The number of aromatic nitrogens is 2. The van der Waals surface area contributed by atoms with Crippen LogP contribution < -0.4 is 10.6 Å². The van der Waals surface area contributed by atoms with Crippen LogP contribution in [-0.4, -0.2) is 47.4 Å². The Balaban J connectivity index is 1.90. The van der Waals surface area contributed by atoms with Crippen LogP contribution in [0.1, 0.15) is 27.4 Å². The van der Waals surface area contributed by atoms with Crippen molar-refractivity contribution in [1.82, 2.24) is 20.8 Å². The van der Waals surface area contributed by atoms with E-state index in [4.69, 9.17) is 9.26 Å². The number of ether oxygens (including phenoxy) is 1. The van der Waals surface area contributed by atoms with Gasteiger partial charge in [-0.15, -0.1) is 11.8 Å². The molecule has 3 amide bonds. The standard InChI is InChI=1S/C17H17F3N4O5S/c1-9-12(10(2)29-24-9)7-30-14-11(4-3-5-21-14)15(26)28-6-13(25)23-16(27)22-8-17(18,19)20/h3-5H,6-8H2,1-2H3,(H2,22,23,25,27). The van der Waals surface area contributed by atoms with Gasteiger partial charge in [-0.2, -0.15) is 13.2 Å². The zero-order valence-corrected chi connectivity index (χ0v) is 16.6. The predicted octanol–water partition coefficient (Wildman–Crippen LogP) is 2.52. The van der Waals surface area contributed by atoms with E-state index < -0.39 is 37.2 Å². The fraction of sp³-hybridized carbons (Fsp3) is 0.353. The number of nitrogens with one attached hydrogen (secondary N) is 2. The van der Waals surface area contributed by atoms with E-state index in [9.17, 15) is 27.6 Å². The predicted molar refractivity (Wildman–Crippen MR) is 97.7 cm³/mol. The molecule has 13 heteroatoms. The summed E-state index contributed by atoms with van der Waals surface area (Å²) in [5.41, 5.74) is 1.65. The molecule has 0 spiro atoms. The molecular formula is C17H17F3N4O5S. The van der Waals surface area contributed by atoms with Crippen LogP contribution in [0.5, 0.6) is 0 Å². The van der Waals surface area contributed by atoms with E-state index in [1.54, 1.807) is 19.2 Å². The number of hydrogen-bond donors (Lipinski definition) is 2.